The third-order valence-corrected chi connectivity index (χ3v) is 2.47. The Hall–Kier alpha value is -1.06. The first-order valence-electron chi connectivity index (χ1n) is 4.49. The van der Waals surface area contributed by atoms with Crippen molar-refractivity contribution in [3.63, 3.8) is 0 Å². The molecule has 1 amide bonds. The second kappa shape index (κ2) is 3.77. The van der Waals surface area contributed by atoms with Crippen LogP contribution in [0.2, 0.25) is 0 Å². The molecule has 13 heavy (non-hydrogen) atoms. The topological polar surface area (TPSA) is 66.4 Å². The molecule has 0 saturated heterocycles. The number of aliphatic carboxylic acids is 1. The Morgan fingerprint density at radius 2 is 2.15 bits per heavy atom. The molecule has 2 N–H and O–H groups in total. The van der Waals surface area contributed by atoms with Gasteiger partial charge in [0, 0.05) is 13.0 Å². The minimum absolute atomic E-state index is 0.0363. The van der Waals surface area contributed by atoms with Crippen LogP contribution >= 0.6 is 0 Å². The van der Waals surface area contributed by atoms with Crippen LogP contribution in [-0.4, -0.2) is 23.0 Å². The molecular weight excluding hydrogens is 170 g/mol. The minimum Gasteiger partial charge on any atom is -0.481 e. The zero-order chi connectivity index (χ0) is 10.0. The monoisotopic (exact) mass is 185 g/mol. The van der Waals surface area contributed by atoms with Gasteiger partial charge in [0.15, 0.2) is 0 Å². The summed E-state index contributed by atoms with van der Waals surface area (Å²) in [6.45, 7) is 3.49. The molecular formula is C9H15NO3. The van der Waals surface area contributed by atoms with Crippen molar-refractivity contribution in [1.29, 1.82) is 0 Å². The van der Waals surface area contributed by atoms with E-state index in [9.17, 15) is 9.59 Å². The van der Waals surface area contributed by atoms with Crippen molar-refractivity contribution in [1.82, 2.24) is 5.32 Å². The second-order valence-electron chi connectivity index (χ2n) is 3.78. The lowest BCUT2D eigenvalue weighted by Gasteiger charge is -2.14. The largest absolute Gasteiger partial charge is 0.481 e. The maximum Gasteiger partial charge on any atom is 0.305 e. The molecule has 4 heteroatoms. The highest BCUT2D eigenvalue weighted by Crippen LogP contribution is 2.41. The Bertz CT molecular complexity index is 211. The zero-order valence-corrected chi connectivity index (χ0v) is 7.91. The molecule has 1 rings (SSSR count). The van der Waals surface area contributed by atoms with Crippen molar-refractivity contribution in [2.24, 2.45) is 11.8 Å². The summed E-state index contributed by atoms with van der Waals surface area (Å²) >= 11 is 0. The highest BCUT2D eigenvalue weighted by molar-refractivity contribution is 5.75. The summed E-state index contributed by atoms with van der Waals surface area (Å²) in [6.07, 6.45) is 1.06. The van der Waals surface area contributed by atoms with Gasteiger partial charge in [-0.15, -0.1) is 0 Å². The van der Waals surface area contributed by atoms with Gasteiger partial charge in [-0.05, 0) is 18.3 Å². The lowest BCUT2D eigenvalue weighted by molar-refractivity contribution is -0.137. The first-order chi connectivity index (χ1) is 6.00. The van der Waals surface area contributed by atoms with Crippen LogP contribution < -0.4 is 5.32 Å². The molecule has 1 fully saturated rings. The predicted octanol–water partition coefficient (Wildman–Crippen LogP) is 0.622. The van der Waals surface area contributed by atoms with Gasteiger partial charge in [0.25, 0.3) is 0 Å². The van der Waals surface area contributed by atoms with Crippen LogP contribution in [0.4, 0.5) is 0 Å². The van der Waals surface area contributed by atoms with E-state index >= 15 is 0 Å². The smallest absolute Gasteiger partial charge is 0.305 e. The lowest BCUT2D eigenvalue weighted by atomic mass is 10.1. The van der Waals surface area contributed by atoms with Crippen LogP contribution in [0.15, 0.2) is 0 Å². The van der Waals surface area contributed by atoms with Gasteiger partial charge in [0.05, 0.1) is 6.42 Å². The van der Waals surface area contributed by atoms with Crippen molar-refractivity contribution in [3.8, 4) is 0 Å². The second-order valence-corrected chi connectivity index (χ2v) is 3.78. The van der Waals surface area contributed by atoms with E-state index in [0.29, 0.717) is 11.8 Å². The summed E-state index contributed by atoms with van der Waals surface area (Å²) in [4.78, 5) is 21.2. The van der Waals surface area contributed by atoms with Crippen LogP contribution in [0, 0.1) is 11.8 Å². The standard InChI is InChI=1S/C9H15NO3/c1-5-3-7(5)8(4-9(12)13)10-6(2)11/h5,7-8H,3-4H2,1-2H3,(H,10,11)(H,12,13)/t5?,7?,8-/m0/s1. The van der Waals surface area contributed by atoms with Gasteiger partial charge >= 0.3 is 5.97 Å². The molecule has 0 spiro atoms. The SMILES string of the molecule is CC(=O)N[C@@H](CC(=O)O)C1CC1C. The Morgan fingerprint density at radius 3 is 2.46 bits per heavy atom. The molecule has 1 aliphatic rings. The molecule has 0 heterocycles. The quantitative estimate of drug-likeness (QED) is 0.674. The highest BCUT2D eigenvalue weighted by atomic mass is 16.4. The molecule has 1 saturated carbocycles. The summed E-state index contributed by atoms with van der Waals surface area (Å²) in [5.74, 6) is -0.0839. The summed E-state index contributed by atoms with van der Waals surface area (Å²) in [7, 11) is 0. The summed E-state index contributed by atoms with van der Waals surface area (Å²) < 4.78 is 0. The first kappa shape index (κ1) is 10.0. The maximum absolute atomic E-state index is 10.8. The third kappa shape index (κ3) is 3.05. The Labute approximate surface area is 77.3 Å². The Balaban J connectivity index is 2.44. The Kier molecular flexibility index (Phi) is 2.90. The number of hydrogen-bond donors (Lipinski definition) is 2. The van der Waals surface area contributed by atoms with Crippen molar-refractivity contribution in [2.75, 3.05) is 0 Å². The van der Waals surface area contributed by atoms with E-state index < -0.39 is 5.97 Å². The van der Waals surface area contributed by atoms with E-state index in [4.69, 9.17) is 5.11 Å². The zero-order valence-electron chi connectivity index (χ0n) is 7.91. The number of hydrogen-bond acceptors (Lipinski definition) is 2. The maximum atomic E-state index is 10.8. The molecule has 0 aromatic rings. The Morgan fingerprint density at radius 1 is 1.62 bits per heavy atom. The third-order valence-electron chi connectivity index (χ3n) is 2.47. The van der Waals surface area contributed by atoms with Crippen LogP contribution in [0.1, 0.15) is 26.7 Å². The minimum atomic E-state index is -0.849. The van der Waals surface area contributed by atoms with E-state index in [2.05, 4.69) is 12.2 Å². The molecule has 0 radical (unpaired) electrons. The molecule has 3 atom stereocenters. The van der Waals surface area contributed by atoms with Gasteiger partial charge in [0.2, 0.25) is 5.91 Å². The number of rotatable bonds is 4. The van der Waals surface area contributed by atoms with Crippen LogP contribution in [-0.2, 0) is 9.59 Å². The van der Waals surface area contributed by atoms with Crippen LogP contribution in [0.3, 0.4) is 0 Å². The average Bonchev–Trinajstić information content (AvgIpc) is 2.63. The van der Waals surface area contributed by atoms with Crippen molar-refractivity contribution < 1.29 is 14.7 Å². The summed E-state index contributed by atoms with van der Waals surface area (Å²) in [6, 6.07) is -0.176. The number of carbonyl (C=O) groups is 2. The van der Waals surface area contributed by atoms with Crippen molar-refractivity contribution in [3.05, 3.63) is 0 Å². The molecule has 0 aromatic carbocycles. The molecule has 1 aliphatic carbocycles. The van der Waals surface area contributed by atoms with Crippen molar-refractivity contribution in [2.45, 2.75) is 32.7 Å². The molecule has 0 bridgehead atoms. The van der Waals surface area contributed by atoms with Crippen LogP contribution in [0.25, 0.3) is 0 Å². The molecule has 0 aromatic heterocycles. The highest BCUT2D eigenvalue weighted by Gasteiger charge is 2.40. The fourth-order valence-corrected chi connectivity index (χ4v) is 1.67. The molecule has 4 nitrogen and oxygen atoms in total. The van der Waals surface area contributed by atoms with E-state index in [-0.39, 0.29) is 18.4 Å². The molecule has 74 valence electrons. The average molecular weight is 185 g/mol. The van der Waals surface area contributed by atoms with E-state index in [1.807, 2.05) is 0 Å². The van der Waals surface area contributed by atoms with Gasteiger partial charge in [-0.25, -0.2) is 0 Å². The van der Waals surface area contributed by atoms with Gasteiger partial charge in [-0.3, -0.25) is 9.59 Å². The van der Waals surface area contributed by atoms with Gasteiger partial charge in [0.1, 0.15) is 0 Å². The molecule has 2 unspecified atom stereocenters. The lowest BCUT2D eigenvalue weighted by Crippen LogP contribution is -2.37. The predicted molar refractivity (Wildman–Crippen MR) is 47.1 cm³/mol. The number of carboxylic acid groups (broad SMARTS) is 1. The van der Waals surface area contributed by atoms with Gasteiger partial charge < -0.3 is 10.4 Å². The summed E-state index contributed by atoms with van der Waals surface area (Å²) in [5.41, 5.74) is 0. The van der Waals surface area contributed by atoms with Gasteiger partial charge in [-0.1, -0.05) is 6.92 Å². The number of amides is 1. The normalized spacial score (nSPS) is 27.8. The fourth-order valence-electron chi connectivity index (χ4n) is 1.67. The van der Waals surface area contributed by atoms with E-state index in [0.717, 1.165) is 6.42 Å². The van der Waals surface area contributed by atoms with Crippen molar-refractivity contribution >= 4 is 11.9 Å². The first-order valence-corrected chi connectivity index (χ1v) is 4.49. The summed E-state index contributed by atoms with van der Waals surface area (Å²) in [5, 5.41) is 11.3. The van der Waals surface area contributed by atoms with E-state index in [1.54, 1.807) is 0 Å². The van der Waals surface area contributed by atoms with Gasteiger partial charge in [-0.2, -0.15) is 0 Å². The molecule has 0 aliphatic heterocycles. The van der Waals surface area contributed by atoms with Crippen LogP contribution in [0.5, 0.6) is 0 Å². The van der Waals surface area contributed by atoms with E-state index in [1.165, 1.54) is 6.92 Å². The number of carboxylic acids is 1. The number of nitrogens with one attached hydrogen (secondary N) is 1. The number of carbonyl (C=O) groups excluding carboxylic acids is 1. The fraction of sp³-hybridized carbons (Fsp3) is 0.778.